The minimum atomic E-state index is -0.879. The van der Waals surface area contributed by atoms with Crippen LogP contribution in [0.5, 0.6) is 5.75 Å². The number of benzene rings is 2. The topological polar surface area (TPSA) is 100 Å². The summed E-state index contributed by atoms with van der Waals surface area (Å²) < 4.78 is 11.6. The van der Waals surface area contributed by atoms with E-state index in [2.05, 4.69) is 33.7 Å². The highest BCUT2D eigenvalue weighted by molar-refractivity contribution is 6.03. The van der Waals surface area contributed by atoms with E-state index >= 15 is 0 Å². The molecular formula is C26H31N3O5. The Bertz CT molecular complexity index is 1080. The van der Waals surface area contributed by atoms with Crippen LogP contribution >= 0.6 is 0 Å². The first-order chi connectivity index (χ1) is 16.5. The van der Waals surface area contributed by atoms with Gasteiger partial charge in [-0.1, -0.05) is 24.3 Å². The number of hydrogen-bond donors (Lipinski definition) is 3. The molecule has 0 bridgehead atoms. The van der Waals surface area contributed by atoms with Gasteiger partial charge in [-0.15, -0.1) is 0 Å². The van der Waals surface area contributed by atoms with Crippen LogP contribution in [-0.4, -0.2) is 65.9 Å². The Morgan fingerprint density at radius 2 is 2.09 bits per heavy atom. The molecule has 1 fully saturated rings. The van der Waals surface area contributed by atoms with Crippen molar-refractivity contribution in [1.82, 2.24) is 10.2 Å². The summed E-state index contributed by atoms with van der Waals surface area (Å²) in [6.07, 6.45) is 1.37. The van der Waals surface area contributed by atoms with Crippen molar-refractivity contribution >= 4 is 17.5 Å². The van der Waals surface area contributed by atoms with Gasteiger partial charge in [-0.2, -0.15) is 0 Å². The quantitative estimate of drug-likeness (QED) is 0.579. The zero-order valence-electron chi connectivity index (χ0n) is 19.4. The van der Waals surface area contributed by atoms with Gasteiger partial charge in [0.2, 0.25) is 0 Å². The van der Waals surface area contributed by atoms with E-state index in [4.69, 9.17) is 9.47 Å². The Labute approximate surface area is 199 Å². The predicted molar refractivity (Wildman–Crippen MR) is 127 cm³/mol. The molecule has 3 N–H and O–H groups in total. The Hall–Kier alpha value is -2.94. The molecule has 1 atom stereocenters. The van der Waals surface area contributed by atoms with Crippen LogP contribution in [0.25, 0.3) is 0 Å². The van der Waals surface area contributed by atoms with E-state index in [-0.39, 0.29) is 24.5 Å². The second kappa shape index (κ2) is 9.37. The van der Waals surface area contributed by atoms with Gasteiger partial charge in [-0.25, -0.2) is 0 Å². The van der Waals surface area contributed by atoms with Gasteiger partial charge < -0.3 is 25.2 Å². The lowest BCUT2D eigenvalue weighted by Crippen LogP contribution is -2.61. The first kappa shape index (κ1) is 22.8. The van der Waals surface area contributed by atoms with E-state index in [9.17, 15) is 14.7 Å². The highest BCUT2D eigenvalue weighted by atomic mass is 16.5. The van der Waals surface area contributed by atoms with Gasteiger partial charge in [0.05, 0.1) is 17.9 Å². The minimum absolute atomic E-state index is 0.0356. The van der Waals surface area contributed by atoms with Crippen LogP contribution in [0.1, 0.15) is 41.3 Å². The van der Waals surface area contributed by atoms with Crippen LogP contribution in [0.15, 0.2) is 42.5 Å². The molecule has 5 rings (SSSR count). The summed E-state index contributed by atoms with van der Waals surface area (Å²) in [5, 5.41) is 16.2. The third-order valence-electron chi connectivity index (χ3n) is 6.90. The first-order valence-electron chi connectivity index (χ1n) is 12.0. The van der Waals surface area contributed by atoms with E-state index in [1.165, 1.54) is 11.1 Å². The molecule has 8 heteroatoms. The molecule has 8 nitrogen and oxygen atoms in total. The molecule has 0 saturated heterocycles. The molecule has 1 unspecified atom stereocenters. The fraction of sp³-hybridized carbons (Fsp3) is 0.462. The highest BCUT2D eigenvalue weighted by Gasteiger charge is 2.55. The maximum Gasteiger partial charge on any atom is 0.268 e. The molecule has 2 heterocycles. The molecular weight excluding hydrogens is 434 g/mol. The van der Waals surface area contributed by atoms with Crippen molar-refractivity contribution in [3.05, 3.63) is 59.2 Å². The van der Waals surface area contributed by atoms with Crippen molar-refractivity contribution in [3.63, 3.8) is 0 Å². The van der Waals surface area contributed by atoms with Crippen LogP contribution < -0.4 is 15.4 Å². The van der Waals surface area contributed by atoms with Gasteiger partial charge >= 0.3 is 0 Å². The van der Waals surface area contributed by atoms with Crippen LogP contribution in [0.4, 0.5) is 5.69 Å². The summed E-state index contributed by atoms with van der Waals surface area (Å²) in [4.78, 5) is 27.5. The van der Waals surface area contributed by atoms with Gasteiger partial charge in [-0.3, -0.25) is 14.5 Å². The van der Waals surface area contributed by atoms with Gasteiger partial charge in [0, 0.05) is 51.2 Å². The number of β-amino-alcohol motifs (C(OH)–C–C–N with tert-alkyl or cyclic N) is 1. The monoisotopic (exact) mass is 465 g/mol. The SMILES string of the molecule is CCOC1CC2(C1)Oc1ccc(C(=O)NCC(O)CN3CCc4ccccc4C3)cc1NC2=O. The largest absolute Gasteiger partial charge is 0.475 e. The summed E-state index contributed by atoms with van der Waals surface area (Å²) >= 11 is 0. The maximum atomic E-state index is 12.7. The number of nitrogens with zero attached hydrogens (tertiary/aromatic N) is 1. The average molecular weight is 466 g/mol. The third-order valence-corrected chi connectivity index (χ3v) is 6.90. The number of aliphatic hydroxyl groups excluding tert-OH is 1. The molecule has 34 heavy (non-hydrogen) atoms. The molecule has 2 amide bonds. The molecule has 2 aromatic carbocycles. The smallest absolute Gasteiger partial charge is 0.268 e. The number of anilines is 1. The number of nitrogens with one attached hydrogen (secondary N) is 2. The Kier molecular flexibility index (Phi) is 6.29. The lowest BCUT2D eigenvalue weighted by molar-refractivity contribution is -0.159. The average Bonchev–Trinajstić information content (AvgIpc) is 2.81. The van der Waals surface area contributed by atoms with Crippen molar-refractivity contribution in [2.45, 2.75) is 50.5 Å². The van der Waals surface area contributed by atoms with Crippen molar-refractivity contribution in [2.75, 3.05) is 31.6 Å². The normalized spacial score (nSPS) is 24.3. The number of carbonyl (C=O) groups is 2. The molecule has 1 spiro atoms. The standard InChI is InChI=1S/C26H31N3O5/c1-2-33-21-12-26(13-21)25(32)28-22-11-18(7-8-23(22)34-26)24(31)27-14-20(30)16-29-10-9-17-5-3-4-6-19(17)15-29/h3-8,11,20-21,30H,2,9-10,12-16H2,1H3,(H,27,31)(H,28,32). The molecule has 1 saturated carbocycles. The van der Waals surface area contributed by atoms with E-state index in [1.54, 1.807) is 18.2 Å². The summed E-state index contributed by atoms with van der Waals surface area (Å²) in [5.74, 6) is 0.0454. The molecule has 2 aliphatic heterocycles. The number of aliphatic hydroxyl groups is 1. The summed E-state index contributed by atoms with van der Waals surface area (Å²) in [5.41, 5.74) is 2.66. The van der Waals surface area contributed by atoms with Crippen molar-refractivity contribution < 1.29 is 24.2 Å². The zero-order valence-corrected chi connectivity index (χ0v) is 19.4. The molecule has 180 valence electrons. The number of hydrogen-bond acceptors (Lipinski definition) is 6. The lowest BCUT2D eigenvalue weighted by Gasteiger charge is -2.47. The van der Waals surface area contributed by atoms with E-state index in [0.29, 0.717) is 43.0 Å². The maximum absolute atomic E-state index is 12.7. The minimum Gasteiger partial charge on any atom is -0.475 e. The Morgan fingerprint density at radius 1 is 1.29 bits per heavy atom. The van der Waals surface area contributed by atoms with Crippen LogP contribution in [0.3, 0.4) is 0 Å². The second-order valence-corrected chi connectivity index (χ2v) is 9.36. The van der Waals surface area contributed by atoms with E-state index in [0.717, 1.165) is 19.5 Å². The molecule has 0 aromatic heterocycles. The number of ether oxygens (including phenoxy) is 2. The third kappa shape index (κ3) is 4.53. The van der Waals surface area contributed by atoms with Crippen molar-refractivity contribution in [1.29, 1.82) is 0 Å². The van der Waals surface area contributed by atoms with Gasteiger partial charge in [-0.05, 0) is 42.7 Å². The second-order valence-electron chi connectivity index (χ2n) is 9.36. The predicted octanol–water partition coefficient (Wildman–Crippen LogP) is 2.10. The number of carbonyl (C=O) groups excluding carboxylic acids is 2. The van der Waals surface area contributed by atoms with Crippen LogP contribution in [0, 0.1) is 0 Å². The molecule has 2 aromatic rings. The zero-order chi connectivity index (χ0) is 23.7. The number of amides is 2. The van der Waals surface area contributed by atoms with Gasteiger partial charge in [0.25, 0.3) is 11.8 Å². The summed E-state index contributed by atoms with van der Waals surface area (Å²) in [6, 6.07) is 13.4. The van der Waals surface area contributed by atoms with E-state index < -0.39 is 11.7 Å². The van der Waals surface area contributed by atoms with E-state index in [1.807, 2.05) is 13.0 Å². The highest BCUT2D eigenvalue weighted by Crippen LogP contribution is 2.45. The molecule has 0 radical (unpaired) electrons. The fourth-order valence-corrected chi connectivity index (χ4v) is 5.03. The van der Waals surface area contributed by atoms with Crippen LogP contribution in [-0.2, 0) is 22.5 Å². The Morgan fingerprint density at radius 3 is 2.88 bits per heavy atom. The summed E-state index contributed by atoms with van der Waals surface area (Å²) in [7, 11) is 0. The van der Waals surface area contributed by atoms with Gasteiger partial charge in [0.15, 0.2) is 5.60 Å². The Balaban J connectivity index is 1.13. The summed E-state index contributed by atoms with van der Waals surface area (Å²) in [6.45, 7) is 4.88. The number of fused-ring (bicyclic) bond motifs is 2. The van der Waals surface area contributed by atoms with Crippen molar-refractivity contribution in [3.8, 4) is 5.75 Å². The molecule has 1 aliphatic carbocycles. The number of rotatable bonds is 7. The van der Waals surface area contributed by atoms with Gasteiger partial charge in [0.1, 0.15) is 5.75 Å². The van der Waals surface area contributed by atoms with Crippen LogP contribution in [0.2, 0.25) is 0 Å². The van der Waals surface area contributed by atoms with Crippen molar-refractivity contribution in [2.24, 2.45) is 0 Å². The first-order valence-corrected chi connectivity index (χ1v) is 12.0. The lowest BCUT2D eigenvalue weighted by atomic mass is 9.75. The molecule has 3 aliphatic rings. The fourth-order valence-electron chi connectivity index (χ4n) is 5.03.